The lowest BCUT2D eigenvalue weighted by atomic mass is 9.90. The van der Waals surface area contributed by atoms with Crippen LogP contribution in [0.2, 0.25) is 0 Å². The van der Waals surface area contributed by atoms with Gasteiger partial charge < -0.3 is 21.7 Å². The van der Waals surface area contributed by atoms with Crippen molar-refractivity contribution < 1.29 is 15.0 Å². The summed E-state index contributed by atoms with van der Waals surface area (Å²) >= 11 is 0. The maximum absolute atomic E-state index is 12.1. The van der Waals surface area contributed by atoms with Crippen LogP contribution in [0.3, 0.4) is 0 Å². The van der Waals surface area contributed by atoms with Gasteiger partial charge >= 0.3 is 0 Å². The quantitative estimate of drug-likeness (QED) is 0.257. The average Bonchev–Trinajstić information content (AvgIpc) is 2.32. The summed E-state index contributed by atoms with van der Waals surface area (Å²) in [6.07, 6.45) is 3.82. The fourth-order valence-corrected chi connectivity index (χ4v) is 1.75. The van der Waals surface area contributed by atoms with Crippen LogP contribution in [0.1, 0.15) is 10.4 Å². The number of benzene rings is 1. The molecule has 1 unspecified atom stereocenters. The molecule has 94 valence electrons. The van der Waals surface area contributed by atoms with Crippen LogP contribution >= 0.6 is 0 Å². The number of hydrogen-bond acceptors (Lipinski definition) is 5. The predicted octanol–water partition coefficient (Wildman–Crippen LogP) is 0.161. The van der Waals surface area contributed by atoms with Gasteiger partial charge in [0.05, 0.1) is 11.6 Å². The van der Waals surface area contributed by atoms with Crippen LogP contribution in [-0.2, 0) is 0 Å². The smallest absolute Gasteiger partial charge is 0.224 e. The number of nitrogens with two attached hydrogens (primary N) is 2. The van der Waals surface area contributed by atoms with Gasteiger partial charge in [0.25, 0.3) is 0 Å². The number of rotatable bonds is 2. The molecule has 0 spiro atoms. The highest BCUT2D eigenvalue weighted by atomic mass is 16.5. The molecular weight excluding hydrogens is 232 g/mol. The highest BCUT2D eigenvalue weighted by Crippen LogP contribution is 2.23. The summed E-state index contributed by atoms with van der Waals surface area (Å²) in [7, 11) is 0. The van der Waals surface area contributed by atoms with E-state index < -0.39 is 11.7 Å². The van der Waals surface area contributed by atoms with Gasteiger partial charge in [0, 0.05) is 11.3 Å². The zero-order chi connectivity index (χ0) is 13.3. The molecule has 2 rings (SSSR count). The number of anilines is 1. The maximum Gasteiger partial charge on any atom is 0.224 e. The van der Waals surface area contributed by atoms with E-state index in [-0.39, 0.29) is 11.5 Å². The van der Waals surface area contributed by atoms with E-state index in [1.807, 2.05) is 0 Å². The van der Waals surface area contributed by atoms with E-state index >= 15 is 0 Å². The standard InChI is InChI=1S/C13H14N2O3/c14-10-3-1-2-8(6-10)12(16)9-4-5-13(17,18)11(15)7-9/h1-7,9,17-18H,14-15H2. The second-order valence-electron chi connectivity index (χ2n) is 4.22. The number of allylic oxidation sites excluding steroid dienone is 2. The molecule has 1 atom stereocenters. The molecule has 1 aromatic carbocycles. The number of ketones is 1. The Kier molecular flexibility index (Phi) is 2.94. The third-order valence-electron chi connectivity index (χ3n) is 2.79. The molecule has 5 nitrogen and oxygen atoms in total. The number of nitrogen functional groups attached to an aromatic ring is 1. The molecule has 6 N–H and O–H groups in total. The van der Waals surface area contributed by atoms with Gasteiger partial charge in [-0.05, 0) is 24.3 Å². The Bertz CT molecular complexity index is 547. The lowest BCUT2D eigenvalue weighted by molar-refractivity contribution is -0.0871. The van der Waals surface area contributed by atoms with Crippen LogP contribution in [0.4, 0.5) is 5.69 Å². The molecule has 1 aliphatic rings. The summed E-state index contributed by atoms with van der Waals surface area (Å²) in [5, 5.41) is 18.8. The van der Waals surface area contributed by atoms with Crippen LogP contribution in [-0.4, -0.2) is 21.8 Å². The lowest BCUT2D eigenvalue weighted by Gasteiger charge is -2.24. The second kappa shape index (κ2) is 4.29. The van der Waals surface area contributed by atoms with Crippen molar-refractivity contribution >= 4 is 11.5 Å². The van der Waals surface area contributed by atoms with Crippen molar-refractivity contribution in [3.05, 3.63) is 53.8 Å². The van der Waals surface area contributed by atoms with Crippen LogP contribution in [0.25, 0.3) is 0 Å². The molecule has 0 saturated heterocycles. The lowest BCUT2D eigenvalue weighted by Crippen LogP contribution is -2.36. The summed E-state index contributed by atoms with van der Waals surface area (Å²) in [5.74, 6) is -2.98. The molecule has 0 radical (unpaired) electrons. The molecule has 18 heavy (non-hydrogen) atoms. The van der Waals surface area contributed by atoms with E-state index in [0.29, 0.717) is 11.3 Å². The Morgan fingerprint density at radius 1 is 1.28 bits per heavy atom. The van der Waals surface area contributed by atoms with Gasteiger partial charge in [-0.1, -0.05) is 18.2 Å². The Labute approximate surface area is 104 Å². The normalized spacial score (nSPS) is 21.4. The summed E-state index contributed by atoms with van der Waals surface area (Å²) in [5.41, 5.74) is 11.9. The molecule has 0 bridgehead atoms. The molecular formula is C13H14N2O3. The van der Waals surface area contributed by atoms with Gasteiger partial charge in [0.2, 0.25) is 5.79 Å². The first-order valence-corrected chi connectivity index (χ1v) is 5.42. The van der Waals surface area contributed by atoms with Gasteiger partial charge in [-0.2, -0.15) is 0 Å². The Morgan fingerprint density at radius 2 is 2.00 bits per heavy atom. The zero-order valence-electron chi connectivity index (χ0n) is 9.58. The first-order valence-electron chi connectivity index (χ1n) is 5.42. The topological polar surface area (TPSA) is 110 Å². The first kappa shape index (κ1) is 12.3. The number of carbonyl (C=O) groups excluding carboxylic acids is 1. The van der Waals surface area contributed by atoms with Crippen LogP contribution in [0.5, 0.6) is 0 Å². The third kappa shape index (κ3) is 2.27. The average molecular weight is 246 g/mol. The van der Waals surface area contributed by atoms with E-state index in [1.54, 1.807) is 24.3 Å². The van der Waals surface area contributed by atoms with E-state index in [0.717, 1.165) is 6.08 Å². The molecule has 0 aliphatic heterocycles. The van der Waals surface area contributed by atoms with Crippen molar-refractivity contribution in [1.82, 2.24) is 0 Å². The molecule has 1 aliphatic carbocycles. The third-order valence-corrected chi connectivity index (χ3v) is 2.79. The van der Waals surface area contributed by atoms with Gasteiger partial charge in [-0.25, -0.2) is 0 Å². The number of aliphatic hydroxyl groups is 2. The highest BCUT2D eigenvalue weighted by Gasteiger charge is 2.30. The van der Waals surface area contributed by atoms with E-state index in [9.17, 15) is 15.0 Å². The number of carbonyl (C=O) groups is 1. The highest BCUT2D eigenvalue weighted by molar-refractivity contribution is 6.00. The molecule has 0 aromatic heterocycles. The minimum atomic E-state index is -2.17. The minimum Gasteiger partial charge on any atom is -0.399 e. The second-order valence-corrected chi connectivity index (χ2v) is 4.22. The van der Waals surface area contributed by atoms with Crippen molar-refractivity contribution in [3.8, 4) is 0 Å². The molecule has 0 fully saturated rings. The van der Waals surface area contributed by atoms with Crippen LogP contribution in [0.15, 0.2) is 48.2 Å². The van der Waals surface area contributed by atoms with Gasteiger partial charge in [0.1, 0.15) is 0 Å². The first-order chi connectivity index (χ1) is 8.40. The number of hydrogen-bond donors (Lipinski definition) is 4. The molecule has 0 saturated carbocycles. The Hall–Kier alpha value is -2.11. The van der Waals surface area contributed by atoms with Crippen molar-refractivity contribution in [3.63, 3.8) is 0 Å². The van der Waals surface area contributed by atoms with Crippen molar-refractivity contribution in [1.29, 1.82) is 0 Å². The van der Waals surface area contributed by atoms with Gasteiger partial charge in [0.15, 0.2) is 5.78 Å². The summed E-state index contributed by atoms with van der Waals surface area (Å²) < 4.78 is 0. The summed E-state index contributed by atoms with van der Waals surface area (Å²) in [6.45, 7) is 0. The van der Waals surface area contributed by atoms with Gasteiger partial charge in [-0.15, -0.1) is 0 Å². The zero-order valence-corrected chi connectivity index (χ0v) is 9.58. The van der Waals surface area contributed by atoms with E-state index in [2.05, 4.69) is 0 Å². The minimum absolute atomic E-state index is 0.160. The van der Waals surface area contributed by atoms with E-state index in [1.165, 1.54) is 12.2 Å². The summed E-state index contributed by atoms with van der Waals surface area (Å²) in [4.78, 5) is 12.1. The Balaban J connectivity index is 2.27. The molecule has 0 amide bonds. The largest absolute Gasteiger partial charge is 0.399 e. The van der Waals surface area contributed by atoms with Crippen molar-refractivity contribution in [2.45, 2.75) is 5.79 Å². The monoisotopic (exact) mass is 246 g/mol. The molecule has 0 heterocycles. The SMILES string of the molecule is NC1=CC(C(=O)c2cccc(N)c2)C=CC1(O)O. The molecule has 1 aromatic rings. The van der Waals surface area contributed by atoms with Crippen molar-refractivity contribution in [2.24, 2.45) is 11.7 Å². The van der Waals surface area contributed by atoms with E-state index in [4.69, 9.17) is 11.5 Å². The fourth-order valence-electron chi connectivity index (χ4n) is 1.75. The van der Waals surface area contributed by atoms with Crippen LogP contribution in [0, 0.1) is 5.92 Å². The maximum atomic E-state index is 12.1. The Morgan fingerprint density at radius 3 is 2.61 bits per heavy atom. The number of Topliss-reactive ketones (excluding diaryl/α,β-unsaturated/α-hetero) is 1. The van der Waals surface area contributed by atoms with Crippen LogP contribution < -0.4 is 11.5 Å². The van der Waals surface area contributed by atoms with Crippen molar-refractivity contribution in [2.75, 3.05) is 5.73 Å². The fraction of sp³-hybridized carbons (Fsp3) is 0.154. The predicted molar refractivity (Wildman–Crippen MR) is 67.3 cm³/mol. The van der Waals surface area contributed by atoms with Gasteiger partial charge in [-0.3, -0.25) is 4.79 Å². The molecule has 5 heteroatoms. The summed E-state index contributed by atoms with van der Waals surface area (Å²) in [6, 6.07) is 6.59.